The van der Waals surface area contributed by atoms with E-state index >= 15 is 0 Å². The Hall–Kier alpha value is -2.71. The Bertz CT molecular complexity index is 905. The summed E-state index contributed by atoms with van der Waals surface area (Å²) in [5, 5.41) is 13.8. The van der Waals surface area contributed by atoms with Gasteiger partial charge in [0.05, 0.1) is 21.4 Å². The van der Waals surface area contributed by atoms with E-state index in [2.05, 4.69) is 20.8 Å². The molecule has 1 N–H and O–H groups in total. The number of carbonyl (C=O) groups is 1. The van der Waals surface area contributed by atoms with Gasteiger partial charge in [0.25, 0.3) is 5.91 Å². The van der Waals surface area contributed by atoms with Crippen molar-refractivity contribution in [2.75, 3.05) is 11.9 Å². The molecule has 0 atom stereocenters. The van der Waals surface area contributed by atoms with Crippen molar-refractivity contribution in [1.82, 2.24) is 20.2 Å². The molecular weight excluding hydrogens is 372 g/mol. The molecule has 0 fully saturated rings. The van der Waals surface area contributed by atoms with Crippen LogP contribution in [0.4, 0.5) is 10.1 Å². The number of aromatic nitrogens is 4. The number of tetrazole rings is 1. The largest absolute Gasteiger partial charge is 0.484 e. The molecule has 3 rings (SSSR count). The zero-order valence-electron chi connectivity index (χ0n) is 12.5. The van der Waals surface area contributed by atoms with Gasteiger partial charge in [-0.15, -0.1) is 5.10 Å². The fourth-order valence-corrected chi connectivity index (χ4v) is 2.22. The average molecular weight is 382 g/mol. The van der Waals surface area contributed by atoms with Gasteiger partial charge in [-0.2, -0.15) is 0 Å². The van der Waals surface area contributed by atoms with Crippen LogP contribution < -0.4 is 10.1 Å². The van der Waals surface area contributed by atoms with Gasteiger partial charge in [-0.25, -0.2) is 9.07 Å². The van der Waals surface area contributed by atoms with Crippen LogP contribution in [0.3, 0.4) is 0 Å². The van der Waals surface area contributed by atoms with Crippen molar-refractivity contribution in [2.24, 2.45) is 0 Å². The number of halogens is 3. The van der Waals surface area contributed by atoms with E-state index in [1.807, 2.05) is 0 Å². The first kappa shape index (κ1) is 17.1. The van der Waals surface area contributed by atoms with Crippen molar-refractivity contribution in [1.29, 1.82) is 0 Å². The van der Waals surface area contributed by atoms with Crippen LogP contribution in [0.1, 0.15) is 0 Å². The first-order valence-corrected chi connectivity index (χ1v) is 7.69. The molecule has 3 aromatic rings. The van der Waals surface area contributed by atoms with E-state index in [9.17, 15) is 9.18 Å². The van der Waals surface area contributed by atoms with Crippen molar-refractivity contribution in [3.63, 3.8) is 0 Å². The minimum absolute atomic E-state index is 0.0178. The highest BCUT2D eigenvalue weighted by molar-refractivity contribution is 6.42. The van der Waals surface area contributed by atoms with Crippen LogP contribution >= 0.6 is 23.2 Å². The van der Waals surface area contributed by atoms with Gasteiger partial charge in [0, 0.05) is 6.07 Å². The highest BCUT2D eigenvalue weighted by Gasteiger charge is 2.11. The fourth-order valence-electron chi connectivity index (χ4n) is 1.93. The summed E-state index contributed by atoms with van der Waals surface area (Å²) in [6, 6.07) is 8.69. The van der Waals surface area contributed by atoms with E-state index < -0.39 is 11.7 Å². The second-order valence-electron chi connectivity index (χ2n) is 4.83. The molecular formula is C15H10Cl2FN5O2. The van der Waals surface area contributed by atoms with E-state index in [-0.39, 0.29) is 12.3 Å². The number of benzene rings is 2. The van der Waals surface area contributed by atoms with Crippen LogP contribution in [0.25, 0.3) is 5.69 Å². The van der Waals surface area contributed by atoms with Crippen LogP contribution in [0.5, 0.6) is 5.75 Å². The van der Waals surface area contributed by atoms with E-state index in [1.54, 1.807) is 12.1 Å². The van der Waals surface area contributed by atoms with Crippen LogP contribution in [0, 0.1) is 5.82 Å². The Kier molecular flexibility index (Phi) is 5.11. The van der Waals surface area contributed by atoms with Gasteiger partial charge in [0.1, 0.15) is 17.9 Å². The molecule has 128 valence electrons. The normalized spacial score (nSPS) is 10.5. The van der Waals surface area contributed by atoms with Gasteiger partial charge in [0.2, 0.25) is 0 Å². The number of carbonyl (C=O) groups excluding carboxylic acids is 1. The van der Waals surface area contributed by atoms with E-state index in [4.69, 9.17) is 27.9 Å². The summed E-state index contributed by atoms with van der Waals surface area (Å²) in [6.07, 6.45) is 1.35. The third-order valence-corrected chi connectivity index (χ3v) is 3.84. The molecule has 7 nitrogen and oxygen atoms in total. The topological polar surface area (TPSA) is 81.9 Å². The maximum absolute atomic E-state index is 13.9. The van der Waals surface area contributed by atoms with E-state index in [0.717, 1.165) is 0 Å². The van der Waals surface area contributed by atoms with Gasteiger partial charge in [0.15, 0.2) is 6.61 Å². The number of rotatable bonds is 5. The van der Waals surface area contributed by atoms with Crippen LogP contribution in [0.2, 0.25) is 10.0 Å². The highest BCUT2D eigenvalue weighted by atomic mass is 35.5. The lowest BCUT2D eigenvalue weighted by Crippen LogP contribution is -2.21. The van der Waals surface area contributed by atoms with E-state index in [1.165, 1.54) is 35.3 Å². The maximum Gasteiger partial charge on any atom is 0.262 e. The molecule has 0 bridgehead atoms. The molecule has 1 heterocycles. The average Bonchev–Trinajstić information content (AvgIpc) is 3.12. The first-order chi connectivity index (χ1) is 12.0. The van der Waals surface area contributed by atoms with Crippen LogP contribution in [0.15, 0.2) is 42.7 Å². The lowest BCUT2D eigenvalue weighted by molar-refractivity contribution is -0.118. The molecule has 0 aliphatic rings. The summed E-state index contributed by atoms with van der Waals surface area (Å²) in [5.41, 5.74) is 0.475. The van der Waals surface area contributed by atoms with Crippen LogP contribution in [-0.4, -0.2) is 32.7 Å². The quantitative estimate of drug-likeness (QED) is 0.733. The number of hydrogen-bond donors (Lipinski definition) is 1. The molecule has 0 aliphatic carbocycles. The molecule has 10 heteroatoms. The Morgan fingerprint density at radius 1 is 1.20 bits per heavy atom. The summed E-state index contributed by atoms with van der Waals surface area (Å²) in [6.45, 7) is -0.327. The molecule has 0 unspecified atom stereocenters. The highest BCUT2D eigenvalue weighted by Crippen LogP contribution is 2.26. The number of nitrogens with one attached hydrogen (secondary N) is 1. The van der Waals surface area contributed by atoms with Gasteiger partial charge >= 0.3 is 0 Å². The van der Waals surface area contributed by atoms with Crippen molar-refractivity contribution >= 4 is 34.8 Å². The third-order valence-electron chi connectivity index (χ3n) is 3.10. The minimum atomic E-state index is -0.597. The zero-order valence-corrected chi connectivity index (χ0v) is 14.0. The predicted octanol–water partition coefficient (Wildman–Crippen LogP) is 3.13. The SMILES string of the molecule is O=C(COc1ccc(Cl)c(Cl)c1)Nc1cc(-n2cnnn2)ccc1F. The van der Waals surface area contributed by atoms with Crippen molar-refractivity contribution < 1.29 is 13.9 Å². The predicted molar refractivity (Wildman–Crippen MR) is 89.7 cm³/mol. The van der Waals surface area contributed by atoms with Crippen LogP contribution in [-0.2, 0) is 4.79 Å². The van der Waals surface area contributed by atoms with Crippen molar-refractivity contribution in [2.45, 2.75) is 0 Å². The van der Waals surface area contributed by atoms with Gasteiger partial charge in [-0.05, 0) is 40.8 Å². The number of ether oxygens (including phenoxy) is 1. The minimum Gasteiger partial charge on any atom is -0.484 e. The Morgan fingerprint density at radius 3 is 2.76 bits per heavy atom. The lowest BCUT2D eigenvalue weighted by atomic mass is 10.2. The Balaban J connectivity index is 1.66. The molecule has 1 aromatic heterocycles. The van der Waals surface area contributed by atoms with Gasteiger partial charge in [-0.1, -0.05) is 23.2 Å². The number of amides is 1. The number of anilines is 1. The van der Waals surface area contributed by atoms with Gasteiger partial charge in [-0.3, -0.25) is 4.79 Å². The maximum atomic E-state index is 13.9. The summed E-state index contributed by atoms with van der Waals surface area (Å²) in [5.74, 6) is -0.772. The molecule has 25 heavy (non-hydrogen) atoms. The first-order valence-electron chi connectivity index (χ1n) is 6.93. The summed E-state index contributed by atoms with van der Waals surface area (Å²) in [4.78, 5) is 12.0. The van der Waals surface area contributed by atoms with Crippen molar-refractivity contribution in [3.8, 4) is 11.4 Å². The standard InChI is InChI=1S/C15H10Cl2FN5O2/c16-11-3-2-10(6-12(11)17)25-7-15(24)20-14-5-9(1-4-13(14)18)23-8-19-21-22-23/h1-6,8H,7H2,(H,20,24). The fraction of sp³-hybridized carbons (Fsp3) is 0.0667. The summed E-state index contributed by atoms with van der Waals surface area (Å²) in [7, 11) is 0. The molecule has 2 aromatic carbocycles. The molecule has 0 saturated heterocycles. The monoisotopic (exact) mass is 381 g/mol. The molecule has 0 aliphatic heterocycles. The molecule has 1 amide bonds. The third kappa shape index (κ3) is 4.23. The number of hydrogen-bond acceptors (Lipinski definition) is 5. The second-order valence-corrected chi connectivity index (χ2v) is 5.65. The smallest absolute Gasteiger partial charge is 0.262 e. The number of nitrogens with zero attached hydrogens (tertiary/aromatic N) is 4. The van der Waals surface area contributed by atoms with Gasteiger partial charge < -0.3 is 10.1 Å². The summed E-state index contributed by atoms with van der Waals surface area (Å²) < 4.78 is 20.5. The second kappa shape index (κ2) is 7.45. The molecule has 0 saturated carbocycles. The van der Waals surface area contributed by atoms with Crippen molar-refractivity contribution in [3.05, 3.63) is 58.6 Å². The molecule has 0 spiro atoms. The summed E-state index contributed by atoms with van der Waals surface area (Å²) >= 11 is 11.7. The Labute approximate surface area is 151 Å². The zero-order chi connectivity index (χ0) is 17.8. The van der Waals surface area contributed by atoms with E-state index in [0.29, 0.717) is 21.5 Å². The Morgan fingerprint density at radius 2 is 2.04 bits per heavy atom. The molecule has 0 radical (unpaired) electrons. The lowest BCUT2D eigenvalue weighted by Gasteiger charge is -2.10.